The van der Waals surface area contributed by atoms with Gasteiger partial charge in [-0.25, -0.2) is 4.79 Å². The summed E-state index contributed by atoms with van der Waals surface area (Å²) in [5.41, 5.74) is 0.331. The van der Waals surface area contributed by atoms with Crippen molar-refractivity contribution in [3.63, 3.8) is 0 Å². The van der Waals surface area contributed by atoms with Gasteiger partial charge in [0.2, 0.25) is 5.91 Å². The van der Waals surface area contributed by atoms with Crippen LogP contribution in [0.2, 0.25) is 0 Å². The van der Waals surface area contributed by atoms with Gasteiger partial charge in [-0.2, -0.15) is 0 Å². The highest BCUT2D eigenvalue weighted by Crippen LogP contribution is 2.34. The lowest BCUT2D eigenvalue weighted by Crippen LogP contribution is -2.44. The smallest absolute Gasteiger partial charge is 0.325 e. The molecule has 2 atom stereocenters. The van der Waals surface area contributed by atoms with Gasteiger partial charge < -0.3 is 20.1 Å². The van der Waals surface area contributed by atoms with Gasteiger partial charge in [0.15, 0.2) is 11.5 Å². The largest absolute Gasteiger partial charge is 0.490 e. The van der Waals surface area contributed by atoms with E-state index in [2.05, 4.69) is 10.6 Å². The number of imide groups is 1. The van der Waals surface area contributed by atoms with Crippen molar-refractivity contribution in [1.29, 1.82) is 0 Å². The molecule has 2 N–H and O–H groups in total. The van der Waals surface area contributed by atoms with Crippen LogP contribution in [-0.2, 0) is 15.1 Å². The minimum Gasteiger partial charge on any atom is -0.490 e. The topological polar surface area (TPSA) is 97.0 Å². The van der Waals surface area contributed by atoms with Crippen LogP contribution in [0.25, 0.3) is 0 Å². The number of ether oxygens (including phenoxy) is 2. The first-order chi connectivity index (χ1) is 15.8. The summed E-state index contributed by atoms with van der Waals surface area (Å²) in [5.74, 6) is 0.533. The molecule has 2 heterocycles. The van der Waals surface area contributed by atoms with Crippen molar-refractivity contribution in [1.82, 2.24) is 15.5 Å². The fourth-order valence-electron chi connectivity index (χ4n) is 4.18. The molecule has 0 radical (unpaired) electrons. The van der Waals surface area contributed by atoms with Crippen LogP contribution in [0.5, 0.6) is 11.5 Å². The summed E-state index contributed by atoms with van der Waals surface area (Å²) in [6.45, 7) is 6.45. The van der Waals surface area contributed by atoms with Gasteiger partial charge in [-0.15, -0.1) is 0 Å². The molecular weight excluding hydrogens is 422 g/mol. The average Bonchev–Trinajstić information content (AvgIpc) is 2.95. The number of amides is 4. The van der Waals surface area contributed by atoms with Crippen molar-refractivity contribution in [2.45, 2.75) is 38.8 Å². The SMILES string of the molecule is CC(C)[C@H](NC(=O)CN1C(=O)N[C@](C)(c2ccccc2)C1=O)c1ccc2c(c1)OCCCO2. The van der Waals surface area contributed by atoms with E-state index >= 15 is 0 Å². The number of carbonyl (C=O) groups excluding carboxylic acids is 3. The summed E-state index contributed by atoms with van der Waals surface area (Å²) >= 11 is 0. The molecule has 1 saturated heterocycles. The van der Waals surface area contributed by atoms with Crippen LogP contribution in [0.4, 0.5) is 4.79 Å². The zero-order valence-corrected chi connectivity index (χ0v) is 19.1. The minimum atomic E-state index is -1.20. The van der Waals surface area contributed by atoms with Crippen molar-refractivity contribution in [2.75, 3.05) is 19.8 Å². The van der Waals surface area contributed by atoms with Crippen LogP contribution in [0.3, 0.4) is 0 Å². The van der Waals surface area contributed by atoms with Crippen LogP contribution >= 0.6 is 0 Å². The van der Waals surface area contributed by atoms with E-state index in [0.29, 0.717) is 30.3 Å². The van der Waals surface area contributed by atoms with Crippen molar-refractivity contribution in [2.24, 2.45) is 5.92 Å². The Bertz CT molecular complexity index is 1060. The molecule has 0 aromatic heterocycles. The molecule has 33 heavy (non-hydrogen) atoms. The molecular formula is C25H29N3O5. The van der Waals surface area contributed by atoms with E-state index in [9.17, 15) is 14.4 Å². The molecule has 4 amide bonds. The monoisotopic (exact) mass is 451 g/mol. The lowest BCUT2D eigenvalue weighted by molar-refractivity contribution is -0.135. The fraction of sp³-hybridized carbons (Fsp3) is 0.400. The predicted molar refractivity (Wildman–Crippen MR) is 122 cm³/mol. The molecule has 2 aromatic carbocycles. The number of nitrogens with one attached hydrogen (secondary N) is 2. The van der Waals surface area contributed by atoms with E-state index in [1.54, 1.807) is 31.2 Å². The van der Waals surface area contributed by atoms with E-state index in [4.69, 9.17) is 9.47 Å². The molecule has 0 saturated carbocycles. The summed E-state index contributed by atoms with van der Waals surface area (Å²) in [6, 6.07) is 13.7. The maximum absolute atomic E-state index is 13.1. The van der Waals surface area contributed by atoms with Crippen LogP contribution < -0.4 is 20.1 Å². The molecule has 0 spiro atoms. The second kappa shape index (κ2) is 9.13. The molecule has 1 fully saturated rings. The molecule has 0 bridgehead atoms. The van der Waals surface area contributed by atoms with Gasteiger partial charge in [0, 0.05) is 6.42 Å². The highest BCUT2D eigenvalue weighted by molar-refractivity contribution is 6.09. The van der Waals surface area contributed by atoms with Gasteiger partial charge >= 0.3 is 6.03 Å². The molecule has 0 aliphatic carbocycles. The highest BCUT2D eigenvalue weighted by Gasteiger charge is 2.49. The number of benzene rings is 2. The maximum atomic E-state index is 13.1. The van der Waals surface area contributed by atoms with Gasteiger partial charge in [-0.05, 0) is 36.1 Å². The normalized spacial score (nSPS) is 20.9. The number of hydrogen-bond donors (Lipinski definition) is 2. The zero-order valence-electron chi connectivity index (χ0n) is 19.1. The quantitative estimate of drug-likeness (QED) is 0.658. The van der Waals surface area contributed by atoms with Crippen molar-refractivity contribution in [3.8, 4) is 11.5 Å². The lowest BCUT2D eigenvalue weighted by atomic mass is 9.92. The first-order valence-electron chi connectivity index (χ1n) is 11.2. The second-order valence-corrected chi connectivity index (χ2v) is 8.86. The Kier molecular flexibility index (Phi) is 6.26. The zero-order chi connectivity index (χ0) is 23.6. The first-order valence-corrected chi connectivity index (χ1v) is 11.2. The predicted octanol–water partition coefficient (Wildman–Crippen LogP) is 3.13. The van der Waals surface area contributed by atoms with E-state index < -0.39 is 23.4 Å². The van der Waals surface area contributed by atoms with Gasteiger partial charge in [-0.3, -0.25) is 14.5 Å². The van der Waals surface area contributed by atoms with E-state index in [1.165, 1.54) is 0 Å². The van der Waals surface area contributed by atoms with Gasteiger partial charge in [-0.1, -0.05) is 50.2 Å². The number of nitrogens with zero attached hydrogens (tertiary/aromatic N) is 1. The fourth-order valence-corrected chi connectivity index (χ4v) is 4.18. The summed E-state index contributed by atoms with van der Waals surface area (Å²) in [6.07, 6.45) is 0.808. The summed E-state index contributed by atoms with van der Waals surface area (Å²) in [7, 11) is 0. The summed E-state index contributed by atoms with van der Waals surface area (Å²) < 4.78 is 11.5. The lowest BCUT2D eigenvalue weighted by Gasteiger charge is -2.25. The Morgan fingerprint density at radius 3 is 2.48 bits per heavy atom. The number of rotatable bonds is 6. The molecule has 0 unspecified atom stereocenters. The number of urea groups is 1. The van der Waals surface area contributed by atoms with Crippen LogP contribution in [-0.4, -0.2) is 42.5 Å². The Morgan fingerprint density at radius 1 is 1.09 bits per heavy atom. The van der Waals surface area contributed by atoms with Crippen LogP contribution in [0.1, 0.15) is 44.4 Å². The third kappa shape index (κ3) is 4.51. The molecule has 2 aliphatic heterocycles. The maximum Gasteiger partial charge on any atom is 0.325 e. The molecule has 174 valence electrons. The third-order valence-corrected chi connectivity index (χ3v) is 6.04. The number of fused-ring (bicyclic) bond motifs is 1. The Labute approximate surface area is 193 Å². The van der Waals surface area contributed by atoms with Gasteiger partial charge in [0.1, 0.15) is 12.1 Å². The Balaban J connectivity index is 1.48. The molecule has 4 rings (SSSR count). The van der Waals surface area contributed by atoms with E-state index in [1.807, 2.05) is 38.1 Å². The molecule has 2 aromatic rings. The molecule has 8 nitrogen and oxygen atoms in total. The van der Waals surface area contributed by atoms with Crippen molar-refractivity contribution >= 4 is 17.8 Å². The molecule has 2 aliphatic rings. The van der Waals surface area contributed by atoms with Crippen molar-refractivity contribution < 1.29 is 23.9 Å². The van der Waals surface area contributed by atoms with Gasteiger partial charge in [0.05, 0.1) is 19.3 Å². The highest BCUT2D eigenvalue weighted by atomic mass is 16.5. The first kappa shape index (κ1) is 22.6. The average molecular weight is 452 g/mol. The van der Waals surface area contributed by atoms with Crippen LogP contribution in [0, 0.1) is 5.92 Å². The number of carbonyl (C=O) groups is 3. The standard InChI is InChI=1S/C25H29N3O5/c1-16(2)22(17-10-11-19-20(14-17)33-13-7-12-32-19)26-21(29)15-28-23(30)25(3,27-24(28)31)18-8-5-4-6-9-18/h4-6,8-11,14,16,22H,7,12-13,15H2,1-3H3,(H,26,29)(H,27,31)/t22-,25+/m0/s1. The van der Waals surface area contributed by atoms with Gasteiger partial charge in [0.25, 0.3) is 5.91 Å². The minimum absolute atomic E-state index is 0.0661. The van der Waals surface area contributed by atoms with Crippen molar-refractivity contribution in [3.05, 3.63) is 59.7 Å². The Morgan fingerprint density at radius 2 is 1.79 bits per heavy atom. The van der Waals surface area contributed by atoms with E-state index in [0.717, 1.165) is 16.9 Å². The Hall–Kier alpha value is -3.55. The molecule has 8 heteroatoms. The van der Waals surface area contributed by atoms with Crippen LogP contribution in [0.15, 0.2) is 48.5 Å². The number of hydrogen-bond acceptors (Lipinski definition) is 5. The second-order valence-electron chi connectivity index (χ2n) is 8.86. The van der Waals surface area contributed by atoms with E-state index in [-0.39, 0.29) is 18.5 Å². The third-order valence-electron chi connectivity index (χ3n) is 6.04. The summed E-state index contributed by atoms with van der Waals surface area (Å²) in [4.78, 5) is 39.6. The summed E-state index contributed by atoms with van der Waals surface area (Å²) in [5, 5.41) is 5.71.